The summed E-state index contributed by atoms with van der Waals surface area (Å²) in [6.45, 7) is 3.58. The number of hydrogen-bond donors (Lipinski definition) is 5. The van der Waals surface area contributed by atoms with Crippen LogP contribution in [0, 0.1) is 5.92 Å². The molecule has 1 aliphatic heterocycles. The highest BCUT2D eigenvalue weighted by Gasteiger charge is 2.49. The SMILES string of the molecule is CCCCCCCC(O)C(C(=O)O)[C@@H]1O[C@@H](C)[C@H](O)[C@@H](O)[C@H]1O. The van der Waals surface area contributed by atoms with E-state index in [-0.39, 0.29) is 0 Å². The molecule has 1 rings (SSSR count). The van der Waals surface area contributed by atoms with Crippen molar-refractivity contribution in [2.75, 3.05) is 0 Å². The maximum atomic E-state index is 11.5. The largest absolute Gasteiger partial charge is 0.481 e. The van der Waals surface area contributed by atoms with Gasteiger partial charge in [0, 0.05) is 0 Å². The van der Waals surface area contributed by atoms with Gasteiger partial charge >= 0.3 is 5.97 Å². The van der Waals surface area contributed by atoms with Crippen molar-refractivity contribution in [3.05, 3.63) is 0 Å². The molecule has 0 spiro atoms. The van der Waals surface area contributed by atoms with Gasteiger partial charge in [-0.3, -0.25) is 4.79 Å². The lowest BCUT2D eigenvalue weighted by molar-refractivity contribution is -0.238. The van der Waals surface area contributed by atoms with Crippen LogP contribution in [0.25, 0.3) is 0 Å². The molecule has 7 nitrogen and oxygen atoms in total. The predicted molar refractivity (Wildman–Crippen MR) is 82.9 cm³/mol. The maximum absolute atomic E-state index is 11.5. The fourth-order valence-corrected chi connectivity index (χ4v) is 3.04. The van der Waals surface area contributed by atoms with Gasteiger partial charge in [-0.2, -0.15) is 0 Å². The summed E-state index contributed by atoms with van der Waals surface area (Å²) < 4.78 is 5.37. The Morgan fingerprint density at radius 3 is 2.22 bits per heavy atom. The highest BCUT2D eigenvalue weighted by atomic mass is 16.5. The van der Waals surface area contributed by atoms with Crippen LogP contribution in [0.5, 0.6) is 0 Å². The number of unbranched alkanes of at least 4 members (excludes halogenated alkanes) is 4. The number of rotatable bonds is 9. The Labute approximate surface area is 136 Å². The van der Waals surface area contributed by atoms with E-state index in [1.165, 1.54) is 6.92 Å². The lowest BCUT2D eigenvalue weighted by Crippen LogP contribution is -2.61. The number of hydrogen-bond acceptors (Lipinski definition) is 6. The third kappa shape index (κ3) is 5.39. The summed E-state index contributed by atoms with van der Waals surface area (Å²) >= 11 is 0. The van der Waals surface area contributed by atoms with Crippen LogP contribution in [-0.2, 0) is 9.53 Å². The summed E-state index contributed by atoms with van der Waals surface area (Å²) in [6, 6.07) is 0. The van der Waals surface area contributed by atoms with Crippen molar-refractivity contribution in [3.63, 3.8) is 0 Å². The van der Waals surface area contributed by atoms with E-state index in [9.17, 15) is 30.3 Å². The lowest BCUT2D eigenvalue weighted by atomic mass is 9.83. The first-order valence-electron chi connectivity index (χ1n) is 8.41. The minimum absolute atomic E-state index is 0.292. The van der Waals surface area contributed by atoms with Crippen molar-refractivity contribution in [1.82, 2.24) is 0 Å². The van der Waals surface area contributed by atoms with E-state index in [2.05, 4.69) is 6.92 Å². The first kappa shape index (κ1) is 20.3. The zero-order valence-corrected chi connectivity index (χ0v) is 13.8. The molecule has 0 saturated carbocycles. The van der Waals surface area contributed by atoms with Crippen LogP contribution in [0.4, 0.5) is 0 Å². The van der Waals surface area contributed by atoms with E-state index in [0.717, 1.165) is 25.7 Å². The monoisotopic (exact) mass is 334 g/mol. The molecule has 0 radical (unpaired) electrons. The molecule has 7 atom stereocenters. The molecule has 0 bridgehead atoms. The van der Waals surface area contributed by atoms with Gasteiger partial charge in [0.25, 0.3) is 0 Å². The van der Waals surface area contributed by atoms with Gasteiger partial charge in [-0.25, -0.2) is 0 Å². The highest BCUT2D eigenvalue weighted by molar-refractivity contribution is 5.71. The second-order valence-corrected chi connectivity index (χ2v) is 6.41. The van der Waals surface area contributed by atoms with E-state index in [4.69, 9.17) is 4.74 Å². The van der Waals surface area contributed by atoms with Crippen molar-refractivity contribution >= 4 is 5.97 Å². The van der Waals surface area contributed by atoms with Crippen LogP contribution in [0.1, 0.15) is 52.4 Å². The van der Waals surface area contributed by atoms with Crippen LogP contribution in [0.15, 0.2) is 0 Å². The topological polar surface area (TPSA) is 127 Å². The molecule has 5 N–H and O–H groups in total. The molecule has 0 amide bonds. The lowest BCUT2D eigenvalue weighted by Gasteiger charge is -2.42. The molecule has 0 aliphatic carbocycles. The minimum atomic E-state index is -1.56. The minimum Gasteiger partial charge on any atom is -0.481 e. The Balaban J connectivity index is 2.67. The number of carboxylic acids is 1. The van der Waals surface area contributed by atoms with E-state index < -0.39 is 48.5 Å². The van der Waals surface area contributed by atoms with E-state index in [1.807, 2.05) is 0 Å². The zero-order chi connectivity index (χ0) is 17.6. The molecular weight excluding hydrogens is 304 g/mol. The summed E-state index contributed by atoms with van der Waals surface area (Å²) in [6.07, 6.45) is -2.48. The summed E-state index contributed by atoms with van der Waals surface area (Å²) in [4.78, 5) is 11.5. The normalized spacial score (nSPS) is 34.1. The van der Waals surface area contributed by atoms with Crippen molar-refractivity contribution in [1.29, 1.82) is 0 Å². The molecule has 7 heteroatoms. The average Bonchev–Trinajstić information content (AvgIpc) is 2.50. The molecule has 0 aromatic carbocycles. The molecule has 1 saturated heterocycles. The smallest absolute Gasteiger partial charge is 0.311 e. The second-order valence-electron chi connectivity index (χ2n) is 6.41. The Morgan fingerprint density at radius 2 is 1.65 bits per heavy atom. The van der Waals surface area contributed by atoms with Crippen LogP contribution in [-0.4, -0.2) is 68.1 Å². The van der Waals surface area contributed by atoms with Crippen molar-refractivity contribution in [2.24, 2.45) is 5.92 Å². The molecule has 136 valence electrons. The number of aliphatic hydroxyl groups is 4. The van der Waals surface area contributed by atoms with E-state index >= 15 is 0 Å². The van der Waals surface area contributed by atoms with E-state index in [1.54, 1.807) is 0 Å². The standard InChI is InChI=1S/C16H30O7/c1-3-4-5-6-7-8-10(17)11(16(21)22)15-14(20)13(19)12(18)9(2)23-15/h9-15,17-20H,3-8H2,1-2H3,(H,21,22)/t9-,10?,11?,12-,13+,14+,15-/m0/s1. The van der Waals surface area contributed by atoms with Crippen LogP contribution >= 0.6 is 0 Å². The van der Waals surface area contributed by atoms with E-state index in [0.29, 0.717) is 12.8 Å². The third-order valence-corrected chi connectivity index (χ3v) is 4.55. The zero-order valence-electron chi connectivity index (χ0n) is 13.8. The number of aliphatic hydroxyl groups excluding tert-OH is 4. The highest BCUT2D eigenvalue weighted by Crippen LogP contribution is 2.29. The van der Waals surface area contributed by atoms with Gasteiger partial charge in [-0.1, -0.05) is 39.0 Å². The fourth-order valence-electron chi connectivity index (χ4n) is 3.04. The predicted octanol–water partition coefficient (Wildman–Crippen LogP) is 0.279. The van der Waals surface area contributed by atoms with Gasteiger partial charge in [0.05, 0.1) is 12.2 Å². The summed E-state index contributed by atoms with van der Waals surface area (Å²) in [5.41, 5.74) is 0. The van der Waals surface area contributed by atoms with Crippen molar-refractivity contribution in [3.8, 4) is 0 Å². The average molecular weight is 334 g/mol. The Bertz CT molecular complexity index is 362. The molecule has 0 aromatic heterocycles. The Morgan fingerprint density at radius 1 is 1.04 bits per heavy atom. The van der Waals surface area contributed by atoms with Gasteiger partial charge in [0.1, 0.15) is 30.3 Å². The summed E-state index contributed by atoms with van der Waals surface area (Å²) in [5, 5.41) is 49.1. The van der Waals surface area contributed by atoms with Crippen LogP contribution < -0.4 is 0 Å². The van der Waals surface area contributed by atoms with Crippen molar-refractivity contribution in [2.45, 2.75) is 89.0 Å². The first-order chi connectivity index (χ1) is 10.8. The Hall–Kier alpha value is -0.730. The van der Waals surface area contributed by atoms with Gasteiger partial charge in [-0.05, 0) is 13.3 Å². The van der Waals surface area contributed by atoms with Crippen LogP contribution in [0.2, 0.25) is 0 Å². The number of aliphatic carboxylic acids is 1. The molecule has 23 heavy (non-hydrogen) atoms. The fraction of sp³-hybridized carbons (Fsp3) is 0.938. The van der Waals surface area contributed by atoms with Gasteiger partial charge in [-0.15, -0.1) is 0 Å². The van der Waals surface area contributed by atoms with Gasteiger partial charge in [0.2, 0.25) is 0 Å². The molecular formula is C16H30O7. The number of carbonyl (C=O) groups is 1. The second kappa shape index (κ2) is 9.54. The third-order valence-electron chi connectivity index (χ3n) is 4.55. The first-order valence-corrected chi connectivity index (χ1v) is 8.41. The molecule has 0 aromatic rings. The maximum Gasteiger partial charge on any atom is 0.311 e. The molecule has 1 heterocycles. The van der Waals surface area contributed by atoms with Gasteiger partial charge < -0.3 is 30.3 Å². The Kier molecular flexibility index (Phi) is 8.42. The summed E-state index contributed by atoms with van der Waals surface area (Å²) in [7, 11) is 0. The number of carboxylic acid groups (broad SMARTS) is 1. The van der Waals surface area contributed by atoms with Gasteiger partial charge in [0.15, 0.2) is 0 Å². The summed E-state index contributed by atoms with van der Waals surface area (Å²) in [5.74, 6) is -2.63. The molecule has 1 fully saturated rings. The van der Waals surface area contributed by atoms with Crippen molar-refractivity contribution < 1.29 is 35.1 Å². The number of ether oxygens (including phenoxy) is 1. The quantitative estimate of drug-likeness (QED) is 0.383. The molecule has 1 aliphatic rings. The molecule has 2 unspecified atom stereocenters. The van der Waals surface area contributed by atoms with Crippen LogP contribution in [0.3, 0.4) is 0 Å².